The summed E-state index contributed by atoms with van der Waals surface area (Å²) in [6.07, 6.45) is 1.61. The minimum absolute atomic E-state index is 0.0939. The van der Waals surface area contributed by atoms with E-state index < -0.39 is 11.9 Å². The molecule has 0 saturated carbocycles. The topological polar surface area (TPSA) is 83.9 Å². The summed E-state index contributed by atoms with van der Waals surface area (Å²) < 4.78 is 6.95. The first-order valence-electron chi connectivity index (χ1n) is 13.5. The second kappa shape index (κ2) is 10.9. The van der Waals surface area contributed by atoms with Crippen molar-refractivity contribution < 1.29 is 24.2 Å². The van der Waals surface area contributed by atoms with Crippen LogP contribution in [0.2, 0.25) is 10.0 Å². The molecule has 6 nitrogen and oxygen atoms in total. The van der Waals surface area contributed by atoms with E-state index in [0.29, 0.717) is 59.5 Å². The number of carbonyl (C=O) groups is 3. The maximum atomic E-state index is 13.8. The van der Waals surface area contributed by atoms with Gasteiger partial charge in [0.15, 0.2) is 17.3 Å². The zero-order valence-electron chi connectivity index (χ0n) is 23.4. The maximum Gasteiger partial charge on any atom is 0.323 e. The van der Waals surface area contributed by atoms with Gasteiger partial charge in [0.05, 0.1) is 10.0 Å². The second-order valence-corrected chi connectivity index (χ2v) is 14.5. The third kappa shape index (κ3) is 5.99. The van der Waals surface area contributed by atoms with Crippen LogP contribution in [0.15, 0.2) is 63.4 Å². The number of ether oxygens (including phenoxy) is 1. The minimum Gasteiger partial charge on any atom is -0.486 e. The smallest absolute Gasteiger partial charge is 0.323 e. The van der Waals surface area contributed by atoms with Gasteiger partial charge in [-0.3, -0.25) is 14.4 Å². The molecule has 0 amide bonds. The fraction of sp³-hybridized carbons (Fsp3) is 0.406. The predicted octanol–water partition coefficient (Wildman–Crippen LogP) is 8.11. The second-order valence-electron chi connectivity index (χ2n) is 12.7. The van der Waals surface area contributed by atoms with E-state index in [1.807, 2.05) is 52.0 Å². The van der Waals surface area contributed by atoms with E-state index in [1.165, 1.54) is 0 Å². The van der Waals surface area contributed by atoms with Crippen molar-refractivity contribution in [3.63, 3.8) is 0 Å². The largest absolute Gasteiger partial charge is 0.486 e. The first-order chi connectivity index (χ1) is 19.2. The number of hydrogen-bond acceptors (Lipinski definition) is 5. The van der Waals surface area contributed by atoms with Crippen molar-refractivity contribution in [2.45, 2.75) is 65.9 Å². The zero-order valence-corrected chi connectivity index (χ0v) is 26.5. The van der Waals surface area contributed by atoms with Gasteiger partial charge in [-0.1, -0.05) is 79.0 Å². The fourth-order valence-corrected chi connectivity index (χ4v) is 7.20. The highest BCUT2D eigenvalue weighted by Crippen LogP contribution is 2.55. The highest BCUT2D eigenvalue weighted by Gasteiger charge is 2.49. The molecular formula is C32H32BrCl2NO5. The van der Waals surface area contributed by atoms with Gasteiger partial charge in [-0.2, -0.15) is 0 Å². The van der Waals surface area contributed by atoms with E-state index >= 15 is 0 Å². The van der Waals surface area contributed by atoms with Crippen LogP contribution in [0.5, 0.6) is 5.75 Å². The summed E-state index contributed by atoms with van der Waals surface area (Å²) in [6.45, 7) is 7.97. The Morgan fingerprint density at radius 2 is 1.41 bits per heavy atom. The Balaban J connectivity index is 1.64. The number of Topliss-reactive ketones (excluding diaryl/α,β-unsaturated/α-hetero) is 2. The third-order valence-corrected chi connectivity index (χ3v) is 9.06. The lowest BCUT2D eigenvalue weighted by atomic mass is 9.63. The van der Waals surface area contributed by atoms with Crippen molar-refractivity contribution in [2.24, 2.45) is 10.8 Å². The Morgan fingerprint density at radius 1 is 0.927 bits per heavy atom. The number of ketones is 2. The summed E-state index contributed by atoms with van der Waals surface area (Å²) >= 11 is 16.9. The van der Waals surface area contributed by atoms with Crippen molar-refractivity contribution in [2.75, 3.05) is 6.54 Å². The molecule has 2 aromatic carbocycles. The highest BCUT2D eigenvalue weighted by molar-refractivity contribution is 9.10. The number of allylic oxidation sites excluding steroid dienone is 4. The van der Waals surface area contributed by atoms with Crippen LogP contribution in [-0.2, 0) is 21.0 Å². The lowest BCUT2D eigenvalue weighted by Gasteiger charge is -2.48. The Kier molecular flexibility index (Phi) is 7.94. The molecule has 216 valence electrons. The molecule has 0 aromatic heterocycles. The quantitative estimate of drug-likeness (QED) is 0.337. The van der Waals surface area contributed by atoms with Crippen LogP contribution in [0, 0.1) is 10.8 Å². The van der Waals surface area contributed by atoms with Crippen molar-refractivity contribution in [3.8, 4) is 5.75 Å². The van der Waals surface area contributed by atoms with Gasteiger partial charge < -0.3 is 14.7 Å². The van der Waals surface area contributed by atoms with Gasteiger partial charge in [0.2, 0.25) is 0 Å². The molecule has 0 radical (unpaired) electrons. The van der Waals surface area contributed by atoms with E-state index in [2.05, 4.69) is 15.9 Å². The molecule has 0 bridgehead atoms. The van der Waals surface area contributed by atoms with E-state index in [-0.39, 0.29) is 45.6 Å². The van der Waals surface area contributed by atoms with Crippen molar-refractivity contribution in [1.29, 1.82) is 0 Å². The van der Waals surface area contributed by atoms with E-state index in [9.17, 15) is 19.5 Å². The number of benzene rings is 2. The molecule has 0 spiro atoms. The number of rotatable bonds is 6. The standard InChI is InChI=1S/C32H32BrCl2NO5/c1-31(2)11-22-28(24(37)13-31)27(29-23(36(22)15-26(39)40)12-32(3,4)14-25(29)38)18-9-20(34)30(21(35)10-18)41-16-17-5-7-19(33)8-6-17/h5-10,27H,11-16H2,1-4H3,(H,39,40). The van der Waals surface area contributed by atoms with Crippen LogP contribution in [0.25, 0.3) is 0 Å². The van der Waals surface area contributed by atoms with Crippen LogP contribution in [-0.4, -0.2) is 34.1 Å². The van der Waals surface area contributed by atoms with Crippen LogP contribution >= 0.6 is 39.1 Å². The molecule has 0 unspecified atom stereocenters. The van der Waals surface area contributed by atoms with Gasteiger partial charge in [0, 0.05) is 45.8 Å². The average molecular weight is 661 g/mol. The zero-order chi connectivity index (χ0) is 29.9. The number of halogens is 3. The van der Waals surface area contributed by atoms with Crippen molar-refractivity contribution >= 4 is 56.7 Å². The molecule has 0 atom stereocenters. The molecular weight excluding hydrogens is 629 g/mol. The lowest BCUT2D eigenvalue weighted by Crippen LogP contribution is -2.45. The summed E-state index contributed by atoms with van der Waals surface area (Å²) in [5, 5.41) is 10.4. The molecule has 3 aliphatic rings. The number of carbonyl (C=O) groups excluding carboxylic acids is 2. The van der Waals surface area contributed by atoms with Crippen molar-refractivity contribution in [3.05, 3.63) is 84.6 Å². The van der Waals surface area contributed by atoms with Crippen LogP contribution in [0.3, 0.4) is 0 Å². The molecule has 0 fully saturated rings. The number of carboxylic acid groups (broad SMARTS) is 1. The van der Waals surface area contributed by atoms with Gasteiger partial charge in [0.25, 0.3) is 0 Å². The molecule has 5 rings (SSSR count). The summed E-state index contributed by atoms with van der Waals surface area (Å²) in [7, 11) is 0. The van der Waals surface area contributed by atoms with Gasteiger partial charge in [-0.15, -0.1) is 0 Å². The number of carboxylic acids is 1. The number of nitrogens with zero attached hydrogens (tertiary/aromatic N) is 1. The summed E-state index contributed by atoms with van der Waals surface area (Å²) in [6, 6.07) is 11.1. The van der Waals surface area contributed by atoms with E-state index in [4.69, 9.17) is 27.9 Å². The van der Waals surface area contributed by atoms with Crippen LogP contribution in [0.1, 0.15) is 70.4 Å². The monoisotopic (exact) mass is 659 g/mol. The lowest BCUT2D eigenvalue weighted by molar-refractivity contribution is -0.138. The highest BCUT2D eigenvalue weighted by atomic mass is 79.9. The first-order valence-corrected chi connectivity index (χ1v) is 15.1. The molecule has 1 heterocycles. The van der Waals surface area contributed by atoms with Gasteiger partial charge in [-0.05, 0) is 59.1 Å². The molecule has 2 aliphatic carbocycles. The van der Waals surface area contributed by atoms with E-state index in [0.717, 1.165) is 10.0 Å². The van der Waals surface area contributed by atoms with Gasteiger partial charge >= 0.3 is 5.97 Å². The van der Waals surface area contributed by atoms with Gasteiger partial charge in [-0.25, -0.2) is 0 Å². The Hall–Kier alpha value is -2.61. The molecule has 0 saturated heterocycles. The van der Waals surface area contributed by atoms with Crippen LogP contribution in [0.4, 0.5) is 0 Å². The van der Waals surface area contributed by atoms with Gasteiger partial charge in [0.1, 0.15) is 13.2 Å². The normalized spacial score (nSPS) is 20.2. The first kappa shape index (κ1) is 29.9. The van der Waals surface area contributed by atoms with Crippen LogP contribution < -0.4 is 4.74 Å². The Bertz CT molecular complexity index is 1450. The molecule has 1 N–H and O–H groups in total. The molecule has 9 heteroatoms. The summed E-state index contributed by atoms with van der Waals surface area (Å²) in [5.41, 5.74) is 3.11. The summed E-state index contributed by atoms with van der Waals surface area (Å²) in [5.74, 6) is -1.58. The van der Waals surface area contributed by atoms with E-state index in [1.54, 1.807) is 17.0 Å². The average Bonchev–Trinajstić information content (AvgIpc) is 2.83. The minimum atomic E-state index is -1.02. The predicted molar refractivity (Wildman–Crippen MR) is 162 cm³/mol. The Labute approximate surface area is 258 Å². The molecule has 1 aliphatic heterocycles. The van der Waals surface area contributed by atoms with Crippen molar-refractivity contribution in [1.82, 2.24) is 4.90 Å². The molecule has 2 aromatic rings. The maximum absolute atomic E-state index is 13.8. The number of hydrogen-bond donors (Lipinski definition) is 1. The fourth-order valence-electron chi connectivity index (χ4n) is 6.33. The third-order valence-electron chi connectivity index (χ3n) is 7.97. The Morgan fingerprint density at radius 3 is 1.88 bits per heavy atom. The SMILES string of the molecule is CC1(C)CC(=O)C2=C(C1)N(CC(=O)O)C1=C(C(=O)CC(C)(C)C1)C2c1cc(Cl)c(OCc2ccc(Br)cc2)c(Cl)c1. The molecule has 41 heavy (non-hydrogen) atoms. The number of aliphatic carboxylic acids is 1. The summed E-state index contributed by atoms with van der Waals surface area (Å²) in [4.78, 5) is 41.4.